The quantitative estimate of drug-likeness (QED) is 0.800. The van der Waals surface area contributed by atoms with Crippen molar-refractivity contribution in [3.05, 3.63) is 30.1 Å². The second kappa shape index (κ2) is 4.13. The minimum atomic E-state index is -0.746. The zero-order valence-electron chi connectivity index (χ0n) is 8.23. The molecule has 15 heavy (non-hydrogen) atoms. The van der Waals surface area contributed by atoms with E-state index in [1.807, 2.05) is 18.2 Å². The van der Waals surface area contributed by atoms with Crippen molar-refractivity contribution in [3.8, 4) is 0 Å². The van der Waals surface area contributed by atoms with Crippen LogP contribution < -0.4 is 0 Å². The van der Waals surface area contributed by atoms with Crippen molar-refractivity contribution in [1.82, 2.24) is 9.97 Å². The lowest BCUT2D eigenvalue weighted by atomic mass is 10.1. The Hall–Kier alpha value is -1.84. The van der Waals surface area contributed by atoms with E-state index in [1.54, 1.807) is 6.33 Å². The summed E-state index contributed by atoms with van der Waals surface area (Å²) in [7, 11) is 0. The molecule has 4 nitrogen and oxygen atoms in total. The van der Waals surface area contributed by atoms with Crippen molar-refractivity contribution in [2.75, 3.05) is 0 Å². The maximum absolute atomic E-state index is 10.4. The fourth-order valence-corrected chi connectivity index (χ4v) is 1.66. The van der Waals surface area contributed by atoms with E-state index in [1.165, 1.54) is 0 Å². The highest BCUT2D eigenvalue weighted by molar-refractivity contribution is 5.78. The molecule has 2 rings (SSSR count). The van der Waals surface area contributed by atoms with Crippen LogP contribution in [0.15, 0.2) is 24.5 Å². The van der Waals surface area contributed by atoms with Gasteiger partial charge in [-0.15, -0.1) is 0 Å². The summed E-state index contributed by atoms with van der Waals surface area (Å²) in [6.07, 6.45) is 3.28. The lowest BCUT2D eigenvalue weighted by molar-refractivity contribution is -0.137. The molecule has 0 saturated carbocycles. The Balaban J connectivity index is 2.13. The molecule has 0 fully saturated rings. The number of carboxylic acid groups (broad SMARTS) is 1. The number of fused-ring (bicyclic) bond motifs is 1. The molecule has 0 atom stereocenters. The van der Waals surface area contributed by atoms with Gasteiger partial charge in [0.2, 0.25) is 0 Å². The number of H-pyrrole nitrogens is 1. The van der Waals surface area contributed by atoms with Gasteiger partial charge in [-0.1, -0.05) is 12.1 Å². The first kappa shape index (κ1) is 9.71. The number of carboxylic acids is 1. The Morgan fingerprint density at radius 2 is 2.33 bits per heavy atom. The molecule has 4 heteroatoms. The van der Waals surface area contributed by atoms with Crippen LogP contribution in [0.5, 0.6) is 0 Å². The normalized spacial score (nSPS) is 10.7. The SMILES string of the molecule is O=C(O)CCCc1cccc2[nH]cnc12. The van der Waals surface area contributed by atoms with Gasteiger partial charge in [0.05, 0.1) is 17.4 Å². The molecule has 1 aromatic heterocycles. The number of hydrogen-bond acceptors (Lipinski definition) is 2. The summed E-state index contributed by atoms with van der Waals surface area (Å²) in [5.41, 5.74) is 3.06. The van der Waals surface area contributed by atoms with Crippen molar-refractivity contribution in [3.63, 3.8) is 0 Å². The highest BCUT2D eigenvalue weighted by Crippen LogP contribution is 2.16. The Kier molecular flexibility index (Phi) is 2.67. The fraction of sp³-hybridized carbons (Fsp3) is 0.273. The fourth-order valence-electron chi connectivity index (χ4n) is 1.66. The number of para-hydroxylation sites is 1. The first-order chi connectivity index (χ1) is 7.27. The van der Waals surface area contributed by atoms with Gasteiger partial charge in [0, 0.05) is 6.42 Å². The molecule has 0 unspecified atom stereocenters. The van der Waals surface area contributed by atoms with Crippen LogP contribution in [0.25, 0.3) is 11.0 Å². The number of nitrogens with zero attached hydrogens (tertiary/aromatic N) is 1. The summed E-state index contributed by atoms with van der Waals surface area (Å²) >= 11 is 0. The van der Waals surface area contributed by atoms with Crippen LogP contribution in [0.4, 0.5) is 0 Å². The molecule has 0 bridgehead atoms. The molecule has 0 aliphatic rings. The first-order valence-electron chi connectivity index (χ1n) is 4.90. The summed E-state index contributed by atoms with van der Waals surface area (Å²) in [6.45, 7) is 0. The highest BCUT2D eigenvalue weighted by Gasteiger charge is 2.04. The van der Waals surface area contributed by atoms with Gasteiger partial charge < -0.3 is 10.1 Å². The molecule has 1 aromatic carbocycles. The zero-order valence-corrected chi connectivity index (χ0v) is 8.23. The molecule has 2 N–H and O–H groups in total. The largest absolute Gasteiger partial charge is 0.481 e. The van der Waals surface area contributed by atoms with Gasteiger partial charge in [-0.2, -0.15) is 0 Å². The topological polar surface area (TPSA) is 66.0 Å². The van der Waals surface area contributed by atoms with Crippen molar-refractivity contribution in [1.29, 1.82) is 0 Å². The minimum absolute atomic E-state index is 0.209. The number of aromatic nitrogens is 2. The van der Waals surface area contributed by atoms with Crippen LogP contribution in [0, 0.1) is 0 Å². The molecule has 78 valence electrons. The lowest BCUT2D eigenvalue weighted by Crippen LogP contribution is -1.96. The number of carbonyl (C=O) groups is 1. The summed E-state index contributed by atoms with van der Waals surface area (Å²) in [6, 6.07) is 5.91. The molecular formula is C11H12N2O2. The van der Waals surface area contributed by atoms with Gasteiger partial charge in [0.25, 0.3) is 0 Å². The standard InChI is InChI=1S/C11H12N2O2/c14-10(15)6-2-4-8-3-1-5-9-11(8)13-7-12-9/h1,3,5,7H,2,4,6H2,(H,12,13)(H,14,15). The molecule has 0 radical (unpaired) electrons. The summed E-state index contributed by atoms with van der Waals surface area (Å²) in [5, 5.41) is 8.54. The van der Waals surface area contributed by atoms with Crippen molar-refractivity contribution in [2.45, 2.75) is 19.3 Å². The first-order valence-corrected chi connectivity index (χ1v) is 4.90. The van der Waals surface area contributed by atoms with E-state index in [0.717, 1.165) is 23.0 Å². The van der Waals surface area contributed by atoms with Crippen LogP contribution in [-0.4, -0.2) is 21.0 Å². The number of aryl methyl sites for hydroxylation is 1. The average Bonchev–Trinajstić information content (AvgIpc) is 2.65. The third-order valence-electron chi connectivity index (χ3n) is 2.37. The number of rotatable bonds is 4. The third kappa shape index (κ3) is 2.15. The van der Waals surface area contributed by atoms with Crippen LogP contribution >= 0.6 is 0 Å². The van der Waals surface area contributed by atoms with Crippen molar-refractivity contribution >= 4 is 17.0 Å². The van der Waals surface area contributed by atoms with Crippen LogP contribution in [0.2, 0.25) is 0 Å². The van der Waals surface area contributed by atoms with E-state index in [2.05, 4.69) is 9.97 Å². The second-order valence-electron chi connectivity index (χ2n) is 3.46. The predicted octanol–water partition coefficient (Wildman–Crippen LogP) is 1.97. The van der Waals surface area contributed by atoms with Crippen LogP contribution in [0.3, 0.4) is 0 Å². The van der Waals surface area contributed by atoms with E-state index in [4.69, 9.17) is 5.11 Å². The molecule has 2 aromatic rings. The van der Waals surface area contributed by atoms with E-state index >= 15 is 0 Å². The molecule has 0 amide bonds. The van der Waals surface area contributed by atoms with Crippen molar-refractivity contribution in [2.24, 2.45) is 0 Å². The number of aliphatic carboxylic acids is 1. The van der Waals surface area contributed by atoms with Gasteiger partial charge in [-0.3, -0.25) is 4.79 Å². The second-order valence-corrected chi connectivity index (χ2v) is 3.46. The molecule has 0 aliphatic heterocycles. The number of aromatic amines is 1. The summed E-state index contributed by atoms with van der Waals surface area (Å²) in [5.74, 6) is -0.746. The Morgan fingerprint density at radius 3 is 3.13 bits per heavy atom. The monoisotopic (exact) mass is 204 g/mol. The number of hydrogen-bond donors (Lipinski definition) is 2. The predicted molar refractivity (Wildman–Crippen MR) is 56.7 cm³/mol. The van der Waals surface area contributed by atoms with Gasteiger partial charge in [-0.05, 0) is 24.5 Å². The zero-order chi connectivity index (χ0) is 10.7. The van der Waals surface area contributed by atoms with Gasteiger partial charge >= 0.3 is 5.97 Å². The third-order valence-corrected chi connectivity index (χ3v) is 2.37. The number of nitrogens with one attached hydrogen (secondary N) is 1. The minimum Gasteiger partial charge on any atom is -0.481 e. The maximum Gasteiger partial charge on any atom is 0.303 e. The molecule has 0 aliphatic carbocycles. The van der Waals surface area contributed by atoms with Crippen LogP contribution in [0.1, 0.15) is 18.4 Å². The smallest absolute Gasteiger partial charge is 0.303 e. The van der Waals surface area contributed by atoms with E-state index < -0.39 is 5.97 Å². The van der Waals surface area contributed by atoms with Crippen molar-refractivity contribution < 1.29 is 9.90 Å². The molecule has 0 spiro atoms. The average molecular weight is 204 g/mol. The van der Waals surface area contributed by atoms with Gasteiger partial charge in [0.15, 0.2) is 0 Å². The Labute approximate surface area is 87.0 Å². The lowest BCUT2D eigenvalue weighted by Gasteiger charge is -2.00. The Bertz CT molecular complexity index is 476. The highest BCUT2D eigenvalue weighted by atomic mass is 16.4. The molecule has 0 saturated heterocycles. The van der Waals surface area contributed by atoms with Crippen LogP contribution in [-0.2, 0) is 11.2 Å². The van der Waals surface area contributed by atoms with Gasteiger partial charge in [0.1, 0.15) is 0 Å². The number of benzene rings is 1. The van der Waals surface area contributed by atoms with Gasteiger partial charge in [-0.25, -0.2) is 4.98 Å². The molecule has 1 heterocycles. The maximum atomic E-state index is 10.4. The van der Waals surface area contributed by atoms with E-state index in [0.29, 0.717) is 6.42 Å². The summed E-state index contributed by atoms with van der Waals surface area (Å²) in [4.78, 5) is 17.6. The van der Waals surface area contributed by atoms with E-state index in [-0.39, 0.29) is 6.42 Å². The Morgan fingerprint density at radius 1 is 1.47 bits per heavy atom. The van der Waals surface area contributed by atoms with E-state index in [9.17, 15) is 4.79 Å². The summed E-state index contributed by atoms with van der Waals surface area (Å²) < 4.78 is 0. The number of imidazole rings is 1. The molecular weight excluding hydrogens is 192 g/mol.